The van der Waals surface area contributed by atoms with Gasteiger partial charge in [-0.15, -0.1) is 0 Å². The van der Waals surface area contributed by atoms with Crippen LogP contribution in [0.1, 0.15) is 16.7 Å². The molecule has 0 saturated heterocycles. The molecule has 100 valence electrons. The molecule has 0 aromatic heterocycles. The Morgan fingerprint density at radius 1 is 1.21 bits per heavy atom. The maximum Gasteiger partial charge on any atom is 0.142 e. The molecular formula is C15H15ClFNO. The summed E-state index contributed by atoms with van der Waals surface area (Å²) in [6.45, 7) is 2.54. The molecule has 2 aromatic rings. The molecule has 2 nitrogen and oxygen atoms in total. The lowest BCUT2D eigenvalue weighted by atomic mass is 10.1. The highest BCUT2D eigenvalue weighted by atomic mass is 35.5. The van der Waals surface area contributed by atoms with Gasteiger partial charge in [0.15, 0.2) is 0 Å². The highest BCUT2D eigenvalue weighted by molar-refractivity contribution is 6.32. The molecule has 0 atom stereocenters. The molecule has 0 radical (unpaired) electrons. The number of benzene rings is 2. The minimum absolute atomic E-state index is 0.248. The Bertz CT molecular complexity index is 586. The second kappa shape index (κ2) is 6.04. The smallest absolute Gasteiger partial charge is 0.142 e. The van der Waals surface area contributed by atoms with Crippen LogP contribution in [-0.4, -0.2) is 0 Å². The fourth-order valence-electron chi connectivity index (χ4n) is 1.85. The minimum atomic E-state index is -0.248. The predicted molar refractivity (Wildman–Crippen MR) is 74.8 cm³/mol. The van der Waals surface area contributed by atoms with E-state index in [9.17, 15) is 4.39 Å². The zero-order valence-corrected chi connectivity index (χ0v) is 11.4. The van der Waals surface area contributed by atoms with Gasteiger partial charge in [0.05, 0.1) is 5.02 Å². The lowest BCUT2D eigenvalue weighted by molar-refractivity contribution is 0.302. The molecule has 0 unspecified atom stereocenters. The van der Waals surface area contributed by atoms with Gasteiger partial charge in [-0.1, -0.05) is 29.8 Å². The van der Waals surface area contributed by atoms with Crippen molar-refractivity contribution >= 4 is 11.6 Å². The van der Waals surface area contributed by atoms with Crippen molar-refractivity contribution in [1.82, 2.24) is 0 Å². The first-order valence-electron chi connectivity index (χ1n) is 5.97. The van der Waals surface area contributed by atoms with Gasteiger partial charge >= 0.3 is 0 Å². The molecule has 2 rings (SSSR count). The van der Waals surface area contributed by atoms with Crippen LogP contribution in [-0.2, 0) is 13.2 Å². The lowest BCUT2D eigenvalue weighted by Gasteiger charge is -2.13. The Morgan fingerprint density at radius 3 is 2.68 bits per heavy atom. The highest BCUT2D eigenvalue weighted by Crippen LogP contribution is 2.29. The molecule has 0 amide bonds. The molecule has 0 spiro atoms. The largest absolute Gasteiger partial charge is 0.487 e. The van der Waals surface area contributed by atoms with Crippen molar-refractivity contribution in [3.8, 4) is 5.75 Å². The maximum absolute atomic E-state index is 13.0. The Labute approximate surface area is 117 Å². The van der Waals surface area contributed by atoms with E-state index in [-0.39, 0.29) is 5.82 Å². The number of ether oxygens (including phenoxy) is 1. The number of rotatable bonds is 4. The molecule has 0 aliphatic heterocycles. The molecule has 4 heteroatoms. The zero-order valence-electron chi connectivity index (χ0n) is 10.6. The van der Waals surface area contributed by atoms with Crippen molar-refractivity contribution in [3.63, 3.8) is 0 Å². The SMILES string of the molecule is Cc1cc(F)ccc1COc1c(Cl)cccc1CN. The van der Waals surface area contributed by atoms with Crippen LogP contribution in [0.25, 0.3) is 0 Å². The summed E-state index contributed by atoms with van der Waals surface area (Å²) >= 11 is 6.10. The van der Waals surface area contributed by atoms with Crippen molar-refractivity contribution in [3.05, 3.63) is 63.9 Å². The molecule has 19 heavy (non-hydrogen) atoms. The summed E-state index contributed by atoms with van der Waals surface area (Å²) in [7, 11) is 0. The molecule has 0 aliphatic carbocycles. The minimum Gasteiger partial charge on any atom is -0.487 e. The van der Waals surface area contributed by atoms with Crippen molar-refractivity contribution in [2.75, 3.05) is 0 Å². The van der Waals surface area contributed by atoms with Gasteiger partial charge in [0, 0.05) is 12.1 Å². The van der Waals surface area contributed by atoms with Crippen LogP contribution in [0, 0.1) is 12.7 Å². The van der Waals surface area contributed by atoms with Crippen LogP contribution in [0.2, 0.25) is 5.02 Å². The molecular weight excluding hydrogens is 265 g/mol. The normalized spacial score (nSPS) is 10.5. The summed E-state index contributed by atoms with van der Waals surface area (Å²) in [6.07, 6.45) is 0. The fourth-order valence-corrected chi connectivity index (χ4v) is 2.10. The van der Waals surface area contributed by atoms with Gasteiger partial charge in [-0.05, 0) is 36.2 Å². The van der Waals surface area contributed by atoms with Crippen molar-refractivity contribution in [1.29, 1.82) is 0 Å². The second-order valence-corrected chi connectivity index (χ2v) is 4.70. The van der Waals surface area contributed by atoms with Gasteiger partial charge < -0.3 is 10.5 Å². The van der Waals surface area contributed by atoms with Crippen LogP contribution >= 0.6 is 11.6 Å². The number of halogens is 2. The average molecular weight is 280 g/mol. The summed E-state index contributed by atoms with van der Waals surface area (Å²) < 4.78 is 18.7. The molecule has 2 N–H and O–H groups in total. The monoisotopic (exact) mass is 279 g/mol. The molecule has 0 saturated carbocycles. The summed E-state index contributed by atoms with van der Waals surface area (Å²) in [4.78, 5) is 0. The maximum atomic E-state index is 13.0. The summed E-state index contributed by atoms with van der Waals surface area (Å²) in [5.74, 6) is 0.344. The average Bonchev–Trinajstić information content (AvgIpc) is 2.39. The molecule has 0 heterocycles. The van der Waals surface area contributed by atoms with Crippen LogP contribution in [0.15, 0.2) is 36.4 Å². The number of aryl methyl sites for hydroxylation is 1. The van der Waals surface area contributed by atoms with E-state index in [1.54, 1.807) is 12.1 Å². The third-order valence-electron chi connectivity index (χ3n) is 2.95. The van der Waals surface area contributed by atoms with E-state index >= 15 is 0 Å². The lowest BCUT2D eigenvalue weighted by Crippen LogP contribution is -2.04. The quantitative estimate of drug-likeness (QED) is 0.923. The first-order valence-corrected chi connectivity index (χ1v) is 6.35. The van der Waals surface area contributed by atoms with E-state index in [0.29, 0.717) is 23.9 Å². The number of para-hydroxylation sites is 1. The van der Waals surface area contributed by atoms with Crippen molar-refractivity contribution in [2.45, 2.75) is 20.1 Å². The van der Waals surface area contributed by atoms with Crippen molar-refractivity contribution < 1.29 is 9.13 Å². The van der Waals surface area contributed by atoms with Gasteiger partial charge in [0.1, 0.15) is 18.2 Å². The number of nitrogens with two attached hydrogens (primary N) is 1. The van der Waals surface area contributed by atoms with Crippen molar-refractivity contribution in [2.24, 2.45) is 5.73 Å². The molecule has 2 aromatic carbocycles. The number of hydrogen-bond acceptors (Lipinski definition) is 2. The Balaban J connectivity index is 2.19. The molecule has 0 fully saturated rings. The van der Waals surface area contributed by atoms with E-state index in [1.807, 2.05) is 19.1 Å². The van der Waals surface area contributed by atoms with Gasteiger partial charge in [0.25, 0.3) is 0 Å². The fraction of sp³-hybridized carbons (Fsp3) is 0.200. The Hall–Kier alpha value is -1.58. The van der Waals surface area contributed by atoms with Gasteiger partial charge in [0.2, 0.25) is 0 Å². The van der Waals surface area contributed by atoms with E-state index in [2.05, 4.69) is 0 Å². The second-order valence-electron chi connectivity index (χ2n) is 4.29. The van der Waals surface area contributed by atoms with Gasteiger partial charge in [-0.2, -0.15) is 0 Å². The molecule has 0 bridgehead atoms. The first-order chi connectivity index (χ1) is 9.11. The Kier molecular flexibility index (Phi) is 4.40. The third-order valence-corrected chi connectivity index (χ3v) is 3.24. The van der Waals surface area contributed by atoms with Gasteiger partial charge in [-0.3, -0.25) is 0 Å². The van der Waals surface area contributed by atoms with Gasteiger partial charge in [-0.25, -0.2) is 4.39 Å². The van der Waals surface area contributed by atoms with Crippen LogP contribution in [0.5, 0.6) is 5.75 Å². The van der Waals surface area contributed by atoms with E-state index in [4.69, 9.17) is 22.1 Å². The topological polar surface area (TPSA) is 35.2 Å². The highest BCUT2D eigenvalue weighted by Gasteiger charge is 2.08. The van der Waals surface area contributed by atoms with Crippen LogP contribution in [0.3, 0.4) is 0 Å². The van der Waals surface area contributed by atoms with Crippen LogP contribution < -0.4 is 10.5 Å². The summed E-state index contributed by atoms with van der Waals surface area (Å²) in [5.41, 5.74) is 8.27. The van der Waals surface area contributed by atoms with E-state index in [0.717, 1.165) is 16.7 Å². The molecule has 0 aliphatic rings. The Morgan fingerprint density at radius 2 is 2.00 bits per heavy atom. The standard InChI is InChI=1S/C15H15ClFNO/c1-10-7-13(17)6-5-12(10)9-19-15-11(8-18)3-2-4-14(15)16/h2-7H,8-9,18H2,1H3. The third kappa shape index (κ3) is 3.25. The number of hydrogen-bond donors (Lipinski definition) is 1. The first kappa shape index (κ1) is 13.8. The van der Waals surface area contributed by atoms with Crippen LogP contribution in [0.4, 0.5) is 4.39 Å². The van der Waals surface area contributed by atoms with E-state index < -0.39 is 0 Å². The predicted octanol–water partition coefficient (Wildman–Crippen LogP) is 3.83. The van der Waals surface area contributed by atoms with E-state index in [1.165, 1.54) is 12.1 Å². The zero-order chi connectivity index (χ0) is 13.8. The summed E-state index contributed by atoms with van der Waals surface area (Å²) in [5, 5.41) is 0.530. The summed E-state index contributed by atoms with van der Waals surface area (Å²) in [6, 6.07) is 10.1.